The first kappa shape index (κ1) is 15.1. The van der Waals surface area contributed by atoms with Crippen molar-refractivity contribution in [2.45, 2.75) is 12.8 Å². The molecule has 1 atom stereocenters. The van der Waals surface area contributed by atoms with Crippen LogP contribution >= 0.6 is 0 Å². The van der Waals surface area contributed by atoms with Crippen LogP contribution in [0.3, 0.4) is 0 Å². The zero-order valence-electron chi connectivity index (χ0n) is 12.7. The Balaban J connectivity index is 1.73. The minimum absolute atomic E-state index is 0.137. The van der Waals surface area contributed by atoms with Crippen LogP contribution in [0.4, 0.5) is 0 Å². The molecule has 1 heterocycles. The minimum Gasteiger partial charge on any atom is -0.482 e. The van der Waals surface area contributed by atoms with Gasteiger partial charge >= 0.3 is 11.9 Å². The number of hydrogen-bond acceptors (Lipinski definition) is 5. The molecular formula is C18H16O5. The fraction of sp³-hybridized carbons (Fsp3) is 0.222. The number of fused-ring (bicyclic) bond motifs is 1. The molecule has 23 heavy (non-hydrogen) atoms. The van der Waals surface area contributed by atoms with E-state index in [1.165, 1.54) is 0 Å². The number of ether oxygens (including phenoxy) is 3. The average molecular weight is 312 g/mol. The highest BCUT2D eigenvalue weighted by Crippen LogP contribution is 2.39. The molecule has 0 fully saturated rings. The second-order valence-electron chi connectivity index (χ2n) is 5.05. The van der Waals surface area contributed by atoms with Crippen molar-refractivity contribution in [1.29, 1.82) is 0 Å². The number of carbonyl (C=O) groups excluding carboxylic acids is 2. The molecule has 2 aromatic carbocycles. The third kappa shape index (κ3) is 3.18. The number of esters is 2. The van der Waals surface area contributed by atoms with Crippen LogP contribution in [0.5, 0.6) is 11.5 Å². The van der Waals surface area contributed by atoms with Gasteiger partial charge in [0.1, 0.15) is 17.4 Å². The number of benzene rings is 2. The van der Waals surface area contributed by atoms with Gasteiger partial charge in [0.25, 0.3) is 0 Å². The summed E-state index contributed by atoms with van der Waals surface area (Å²) in [6, 6.07) is 14.4. The number of para-hydroxylation sites is 1. The molecule has 0 aliphatic carbocycles. The van der Waals surface area contributed by atoms with Gasteiger partial charge in [-0.2, -0.15) is 0 Å². The van der Waals surface area contributed by atoms with Crippen LogP contribution in [0.1, 0.15) is 24.0 Å². The van der Waals surface area contributed by atoms with Crippen LogP contribution in [0.25, 0.3) is 0 Å². The van der Waals surface area contributed by atoms with Gasteiger partial charge in [0.05, 0.1) is 6.61 Å². The van der Waals surface area contributed by atoms with Crippen molar-refractivity contribution < 1.29 is 23.8 Å². The van der Waals surface area contributed by atoms with Crippen LogP contribution in [0.2, 0.25) is 0 Å². The van der Waals surface area contributed by atoms with Gasteiger partial charge in [-0.1, -0.05) is 30.3 Å². The van der Waals surface area contributed by atoms with E-state index < -0.39 is 11.9 Å². The molecule has 118 valence electrons. The first-order valence-electron chi connectivity index (χ1n) is 7.38. The van der Waals surface area contributed by atoms with Crippen molar-refractivity contribution in [2.75, 3.05) is 13.2 Å². The van der Waals surface area contributed by atoms with Gasteiger partial charge in [-0.15, -0.1) is 0 Å². The maximum atomic E-state index is 12.1. The fourth-order valence-electron chi connectivity index (χ4n) is 2.52. The lowest BCUT2D eigenvalue weighted by atomic mass is 9.93. The van der Waals surface area contributed by atoms with Crippen molar-refractivity contribution in [3.8, 4) is 11.5 Å². The first-order chi connectivity index (χ1) is 11.2. The lowest BCUT2D eigenvalue weighted by Gasteiger charge is -2.10. The van der Waals surface area contributed by atoms with Crippen molar-refractivity contribution in [2.24, 2.45) is 0 Å². The summed E-state index contributed by atoms with van der Waals surface area (Å²) in [5, 5.41) is 0. The summed E-state index contributed by atoms with van der Waals surface area (Å²) in [6.07, 6.45) is 0. The predicted octanol–water partition coefficient (Wildman–Crippen LogP) is 2.68. The lowest BCUT2D eigenvalue weighted by Crippen LogP contribution is -2.14. The summed E-state index contributed by atoms with van der Waals surface area (Å²) >= 11 is 0. The van der Waals surface area contributed by atoms with Crippen LogP contribution < -0.4 is 9.47 Å². The van der Waals surface area contributed by atoms with Crippen LogP contribution in [-0.2, 0) is 14.3 Å². The van der Waals surface area contributed by atoms with E-state index in [1.54, 1.807) is 37.3 Å². The Bertz CT molecular complexity index is 720. The molecule has 0 aromatic heterocycles. The molecule has 1 unspecified atom stereocenters. The molecule has 0 saturated carbocycles. The zero-order valence-corrected chi connectivity index (χ0v) is 12.7. The molecule has 0 amide bonds. The topological polar surface area (TPSA) is 61.8 Å². The van der Waals surface area contributed by atoms with Gasteiger partial charge < -0.3 is 14.2 Å². The Hall–Kier alpha value is -2.82. The molecule has 1 aliphatic heterocycles. The normalized spacial score (nSPS) is 15.7. The van der Waals surface area contributed by atoms with Crippen molar-refractivity contribution in [1.82, 2.24) is 0 Å². The monoisotopic (exact) mass is 312 g/mol. The van der Waals surface area contributed by atoms with E-state index in [9.17, 15) is 9.59 Å². The van der Waals surface area contributed by atoms with E-state index in [2.05, 4.69) is 0 Å². The highest BCUT2D eigenvalue weighted by atomic mass is 16.6. The Kier molecular flexibility index (Phi) is 4.28. The largest absolute Gasteiger partial charge is 0.482 e. The Morgan fingerprint density at radius 3 is 2.61 bits per heavy atom. The number of hydrogen-bond donors (Lipinski definition) is 0. The lowest BCUT2D eigenvalue weighted by molar-refractivity contribution is -0.145. The molecule has 5 heteroatoms. The van der Waals surface area contributed by atoms with Gasteiger partial charge in [-0.05, 0) is 30.7 Å². The summed E-state index contributed by atoms with van der Waals surface area (Å²) in [7, 11) is 0. The van der Waals surface area contributed by atoms with Crippen molar-refractivity contribution >= 4 is 11.9 Å². The van der Waals surface area contributed by atoms with Crippen LogP contribution in [-0.4, -0.2) is 25.2 Å². The molecule has 0 spiro atoms. The highest BCUT2D eigenvalue weighted by Gasteiger charge is 2.33. The van der Waals surface area contributed by atoms with Crippen LogP contribution in [0.15, 0.2) is 48.5 Å². The van der Waals surface area contributed by atoms with Gasteiger partial charge in [0, 0.05) is 5.56 Å². The number of rotatable bonds is 5. The SMILES string of the molecule is CCOC(=O)COc1ccc(C2C(=O)Oc3ccccc32)cc1. The first-order valence-corrected chi connectivity index (χ1v) is 7.38. The van der Waals surface area contributed by atoms with E-state index in [1.807, 2.05) is 18.2 Å². The summed E-state index contributed by atoms with van der Waals surface area (Å²) < 4.78 is 15.4. The maximum absolute atomic E-state index is 12.1. The van der Waals surface area contributed by atoms with Gasteiger partial charge in [0.15, 0.2) is 6.61 Å². The highest BCUT2D eigenvalue weighted by molar-refractivity contribution is 5.89. The van der Waals surface area contributed by atoms with Crippen LogP contribution in [0, 0.1) is 0 Å². The Labute approximate surface area is 133 Å². The molecule has 0 bridgehead atoms. The van der Waals surface area contributed by atoms with E-state index in [-0.39, 0.29) is 12.6 Å². The van der Waals surface area contributed by atoms with E-state index in [0.717, 1.165) is 11.1 Å². The summed E-state index contributed by atoms with van der Waals surface area (Å²) in [5.41, 5.74) is 1.68. The second kappa shape index (κ2) is 6.52. The summed E-state index contributed by atoms with van der Waals surface area (Å²) in [5.74, 6) is 0.0214. The quantitative estimate of drug-likeness (QED) is 0.627. The van der Waals surface area contributed by atoms with Gasteiger partial charge in [-0.25, -0.2) is 4.79 Å². The summed E-state index contributed by atoms with van der Waals surface area (Å²) in [6.45, 7) is 1.93. The molecule has 3 rings (SSSR count). The fourth-order valence-corrected chi connectivity index (χ4v) is 2.52. The molecule has 0 saturated heterocycles. The third-order valence-corrected chi connectivity index (χ3v) is 3.55. The zero-order chi connectivity index (χ0) is 16.2. The standard InChI is InChI=1S/C18H16O5/c1-2-21-16(19)11-22-13-9-7-12(8-10-13)17-14-5-3-4-6-15(14)23-18(17)20/h3-10,17H,2,11H2,1H3. The maximum Gasteiger partial charge on any atom is 0.344 e. The number of carbonyl (C=O) groups is 2. The Morgan fingerprint density at radius 2 is 1.87 bits per heavy atom. The molecular weight excluding hydrogens is 296 g/mol. The van der Waals surface area contributed by atoms with Crippen molar-refractivity contribution in [3.63, 3.8) is 0 Å². The molecule has 2 aromatic rings. The second-order valence-corrected chi connectivity index (χ2v) is 5.05. The third-order valence-electron chi connectivity index (χ3n) is 3.55. The van der Waals surface area contributed by atoms with E-state index in [4.69, 9.17) is 14.2 Å². The molecule has 1 aliphatic rings. The molecule has 5 nitrogen and oxygen atoms in total. The smallest absolute Gasteiger partial charge is 0.344 e. The molecule has 0 radical (unpaired) electrons. The molecule has 0 N–H and O–H groups in total. The Morgan fingerprint density at radius 1 is 1.13 bits per heavy atom. The van der Waals surface area contributed by atoms with E-state index in [0.29, 0.717) is 18.1 Å². The van der Waals surface area contributed by atoms with E-state index >= 15 is 0 Å². The minimum atomic E-state index is -0.426. The van der Waals surface area contributed by atoms with Gasteiger partial charge in [-0.3, -0.25) is 4.79 Å². The van der Waals surface area contributed by atoms with Gasteiger partial charge in [0.2, 0.25) is 0 Å². The summed E-state index contributed by atoms with van der Waals surface area (Å²) in [4.78, 5) is 23.4. The average Bonchev–Trinajstić information content (AvgIpc) is 2.89. The predicted molar refractivity (Wildman–Crippen MR) is 82.5 cm³/mol. The van der Waals surface area contributed by atoms with Crippen molar-refractivity contribution in [3.05, 3.63) is 59.7 Å².